The van der Waals surface area contributed by atoms with Gasteiger partial charge in [-0.2, -0.15) is 0 Å². The lowest BCUT2D eigenvalue weighted by atomic mass is 10.1. The number of rotatable bonds is 3. The van der Waals surface area contributed by atoms with Gasteiger partial charge in [-0.15, -0.1) is 0 Å². The topological polar surface area (TPSA) is 66.8 Å². The molecule has 3 aromatic carbocycles. The molecule has 4 rings (SSSR count). The van der Waals surface area contributed by atoms with Crippen molar-refractivity contribution in [3.63, 3.8) is 0 Å². The maximum atomic E-state index is 12.8. The first-order chi connectivity index (χ1) is 12.9. The highest BCUT2D eigenvalue weighted by atomic mass is 16.5. The van der Waals surface area contributed by atoms with E-state index in [1.54, 1.807) is 30.3 Å². The Balaban J connectivity index is 1.67. The minimum atomic E-state index is -0.439. The van der Waals surface area contributed by atoms with Crippen LogP contribution in [-0.2, 0) is 0 Å². The molecular formula is C22H17NO4. The molecule has 1 N–H and O–H groups in total. The normalized spacial score (nSPS) is 13.0. The van der Waals surface area contributed by atoms with Gasteiger partial charge in [-0.1, -0.05) is 12.1 Å². The van der Waals surface area contributed by atoms with E-state index in [2.05, 4.69) is 0 Å². The molecule has 0 saturated heterocycles. The van der Waals surface area contributed by atoms with Crippen LogP contribution in [0.3, 0.4) is 0 Å². The summed E-state index contributed by atoms with van der Waals surface area (Å²) in [5.74, 6) is 0.280. The third-order valence-electron chi connectivity index (χ3n) is 4.66. The average Bonchev–Trinajstić information content (AvgIpc) is 2.89. The van der Waals surface area contributed by atoms with Gasteiger partial charge in [0.05, 0.1) is 16.8 Å². The van der Waals surface area contributed by atoms with Crippen LogP contribution in [-0.4, -0.2) is 16.9 Å². The van der Waals surface area contributed by atoms with Crippen LogP contribution in [0.2, 0.25) is 0 Å². The van der Waals surface area contributed by atoms with Crippen LogP contribution in [0.5, 0.6) is 17.2 Å². The molecule has 0 radical (unpaired) electrons. The number of carbonyl (C=O) groups excluding carboxylic acids is 2. The van der Waals surface area contributed by atoms with Gasteiger partial charge in [0.25, 0.3) is 11.8 Å². The quantitative estimate of drug-likeness (QED) is 0.694. The molecule has 1 heterocycles. The fraction of sp³-hybridized carbons (Fsp3) is 0.0909. The second-order valence-electron chi connectivity index (χ2n) is 6.52. The first kappa shape index (κ1) is 16.8. The van der Waals surface area contributed by atoms with Crippen molar-refractivity contribution in [3.05, 3.63) is 82.9 Å². The Kier molecular flexibility index (Phi) is 3.92. The number of aromatic hydroxyl groups is 1. The Morgan fingerprint density at radius 3 is 2.22 bits per heavy atom. The first-order valence-corrected chi connectivity index (χ1v) is 8.51. The largest absolute Gasteiger partial charge is 0.508 e. The van der Waals surface area contributed by atoms with E-state index in [0.29, 0.717) is 22.7 Å². The second-order valence-corrected chi connectivity index (χ2v) is 6.52. The molecule has 0 unspecified atom stereocenters. The SMILES string of the molecule is Cc1ccc(Oc2ccc3c(c2)C(=O)N(c2cccc(O)c2)C3=O)cc1C. The molecule has 5 nitrogen and oxygen atoms in total. The number of imide groups is 1. The molecule has 0 atom stereocenters. The van der Waals surface area contributed by atoms with Gasteiger partial charge < -0.3 is 9.84 Å². The zero-order valence-corrected chi connectivity index (χ0v) is 14.9. The molecule has 2 amide bonds. The number of phenols is 1. The number of hydrogen-bond acceptors (Lipinski definition) is 4. The third-order valence-corrected chi connectivity index (χ3v) is 4.66. The summed E-state index contributed by atoms with van der Waals surface area (Å²) < 4.78 is 5.86. The summed E-state index contributed by atoms with van der Waals surface area (Å²) in [6.45, 7) is 4.02. The van der Waals surface area contributed by atoms with Crippen LogP contribution in [0.1, 0.15) is 31.8 Å². The van der Waals surface area contributed by atoms with Gasteiger partial charge >= 0.3 is 0 Å². The number of benzene rings is 3. The lowest BCUT2D eigenvalue weighted by Gasteiger charge is -2.13. The smallest absolute Gasteiger partial charge is 0.266 e. The Morgan fingerprint density at radius 2 is 1.48 bits per heavy atom. The number of ether oxygens (including phenoxy) is 1. The van der Waals surface area contributed by atoms with E-state index in [1.165, 1.54) is 17.7 Å². The number of anilines is 1. The molecule has 0 bridgehead atoms. The molecule has 0 aromatic heterocycles. The van der Waals surface area contributed by atoms with Gasteiger partial charge in [0, 0.05) is 6.07 Å². The summed E-state index contributed by atoms with van der Waals surface area (Å²) in [5, 5.41) is 9.64. The summed E-state index contributed by atoms with van der Waals surface area (Å²) >= 11 is 0. The molecule has 0 aliphatic carbocycles. The van der Waals surface area contributed by atoms with Crippen molar-refractivity contribution in [2.75, 3.05) is 4.90 Å². The maximum Gasteiger partial charge on any atom is 0.266 e. The summed E-state index contributed by atoms with van der Waals surface area (Å²) in [7, 11) is 0. The minimum absolute atomic E-state index is 0.0113. The van der Waals surface area contributed by atoms with Crippen LogP contribution in [0.25, 0.3) is 0 Å². The highest BCUT2D eigenvalue weighted by Gasteiger charge is 2.37. The summed E-state index contributed by atoms with van der Waals surface area (Å²) in [6, 6.07) is 16.7. The van der Waals surface area contributed by atoms with Crippen molar-refractivity contribution in [1.82, 2.24) is 0 Å². The average molecular weight is 359 g/mol. The van der Waals surface area contributed by atoms with E-state index in [0.717, 1.165) is 10.5 Å². The van der Waals surface area contributed by atoms with Gasteiger partial charge in [-0.05, 0) is 67.4 Å². The van der Waals surface area contributed by atoms with Crippen molar-refractivity contribution in [1.29, 1.82) is 0 Å². The van der Waals surface area contributed by atoms with Gasteiger partial charge in [-0.25, -0.2) is 4.90 Å². The van der Waals surface area contributed by atoms with Gasteiger partial charge in [-0.3, -0.25) is 9.59 Å². The molecule has 1 aliphatic rings. The van der Waals surface area contributed by atoms with Crippen LogP contribution in [0, 0.1) is 13.8 Å². The van der Waals surface area contributed by atoms with E-state index in [1.807, 2.05) is 32.0 Å². The predicted molar refractivity (Wildman–Crippen MR) is 102 cm³/mol. The summed E-state index contributed by atoms with van der Waals surface area (Å²) in [4.78, 5) is 26.5. The highest BCUT2D eigenvalue weighted by molar-refractivity contribution is 6.34. The zero-order valence-electron chi connectivity index (χ0n) is 14.9. The highest BCUT2D eigenvalue weighted by Crippen LogP contribution is 2.33. The minimum Gasteiger partial charge on any atom is -0.508 e. The van der Waals surface area contributed by atoms with Gasteiger partial charge in [0.2, 0.25) is 0 Å². The van der Waals surface area contributed by atoms with E-state index >= 15 is 0 Å². The lowest BCUT2D eigenvalue weighted by Crippen LogP contribution is -2.29. The summed E-state index contributed by atoms with van der Waals surface area (Å²) in [6.07, 6.45) is 0. The van der Waals surface area contributed by atoms with E-state index < -0.39 is 11.8 Å². The first-order valence-electron chi connectivity index (χ1n) is 8.51. The van der Waals surface area contributed by atoms with Crippen molar-refractivity contribution in [2.45, 2.75) is 13.8 Å². The molecule has 1 aliphatic heterocycles. The number of phenolic OH excluding ortho intramolecular Hbond substituents is 1. The zero-order chi connectivity index (χ0) is 19.1. The molecule has 0 saturated carbocycles. The van der Waals surface area contributed by atoms with E-state index in [-0.39, 0.29) is 11.3 Å². The molecule has 134 valence electrons. The Hall–Kier alpha value is -3.60. The molecular weight excluding hydrogens is 342 g/mol. The number of carbonyl (C=O) groups is 2. The van der Waals surface area contributed by atoms with E-state index in [4.69, 9.17) is 4.74 Å². The van der Waals surface area contributed by atoms with Crippen molar-refractivity contribution >= 4 is 17.5 Å². The number of nitrogens with zero attached hydrogens (tertiary/aromatic N) is 1. The monoisotopic (exact) mass is 359 g/mol. The van der Waals surface area contributed by atoms with Crippen LogP contribution < -0.4 is 9.64 Å². The Labute approximate surface area is 156 Å². The number of hydrogen-bond donors (Lipinski definition) is 1. The number of aryl methyl sites for hydroxylation is 2. The number of fused-ring (bicyclic) bond motifs is 1. The van der Waals surface area contributed by atoms with E-state index in [9.17, 15) is 14.7 Å². The van der Waals surface area contributed by atoms with Crippen LogP contribution in [0.15, 0.2) is 60.7 Å². The third kappa shape index (κ3) is 2.93. The standard InChI is InChI=1S/C22H17NO4/c1-13-6-7-17(10-14(13)2)27-18-8-9-19-20(12-18)22(26)23(21(19)25)15-4-3-5-16(24)11-15/h3-12,24H,1-2H3. The Bertz CT molecular complexity index is 1090. The molecule has 0 fully saturated rings. The number of amides is 2. The van der Waals surface area contributed by atoms with Gasteiger partial charge in [0.1, 0.15) is 17.2 Å². The van der Waals surface area contributed by atoms with Crippen LogP contribution in [0.4, 0.5) is 5.69 Å². The molecule has 3 aromatic rings. The summed E-state index contributed by atoms with van der Waals surface area (Å²) in [5.41, 5.74) is 3.20. The molecule has 27 heavy (non-hydrogen) atoms. The predicted octanol–water partition coefficient (Wildman–Crippen LogP) is 4.60. The molecule has 0 spiro atoms. The fourth-order valence-corrected chi connectivity index (χ4v) is 3.06. The Morgan fingerprint density at radius 1 is 0.778 bits per heavy atom. The lowest BCUT2D eigenvalue weighted by molar-refractivity contribution is 0.0926. The van der Waals surface area contributed by atoms with Crippen LogP contribution >= 0.6 is 0 Å². The maximum absolute atomic E-state index is 12.8. The fourth-order valence-electron chi connectivity index (χ4n) is 3.06. The second kappa shape index (κ2) is 6.29. The van der Waals surface area contributed by atoms with Crippen molar-refractivity contribution in [2.24, 2.45) is 0 Å². The van der Waals surface area contributed by atoms with Gasteiger partial charge in [0.15, 0.2) is 0 Å². The van der Waals surface area contributed by atoms with Crippen molar-refractivity contribution in [3.8, 4) is 17.2 Å². The molecule has 5 heteroatoms. The van der Waals surface area contributed by atoms with Crippen molar-refractivity contribution < 1.29 is 19.4 Å².